The molecule has 1 spiro atoms. The van der Waals surface area contributed by atoms with Crippen LogP contribution in [0.2, 0.25) is 0 Å². The van der Waals surface area contributed by atoms with Crippen molar-refractivity contribution >= 4 is 17.8 Å². The van der Waals surface area contributed by atoms with Gasteiger partial charge in [-0.1, -0.05) is 39.5 Å². The van der Waals surface area contributed by atoms with E-state index in [-0.39, 0.29) is 23.8 Å². The summed E-state index contributed by atoms with van der Waals surface area (Å²) < 4.78 is 0. The number of imide groups is 1. The van der Waals surface area contributed by atoms with Gasteiger partial charge in [0.1, 0.15) is 5.54 Å². The number of piperazine rings is 1. The Labute approximate surface area is 149 Å². The predicted molar refractivity (Wildman–Crippen MR) is 93.7 cm³/mol. The molecule has 3 aliphatic rings. The molecule has 2 aliphatic heterocycles. The Hall–Kier alpha value is -1.63. The van der Waals surface area contributed by atoms with Gasteiger partial charge in [-0.15, -0.1) is 0 Å². The lowest BCUT2D eigenvalue weighted by Crippen LogP contribution is -2.53. The molecule has 0 radical (unpaired) electrons. The van der Waals surface area contributed by atoms with Crippen LogP contribution in [-0.4, -0.2) is 70.9 Å². The molecule has 0 aromatic rings. The van der Waals surface area contributed by atoms with Gasteiger partial charge in [0.05, 0.1) is 6.67 Å². The van der Waals surface area contributed by atoms with Crippen molar-refractivity contribution < 1.29 is 14.4 Å². The Morgan fingerprint density at radius 2 is 1.64 bits per heavy atom. The van der Waals surface area contributed by atoms with E-state index in [1.54, 1.807) is 0 Å². The Morgan fingerprint density at radius 1 is 1.04 bits per heavy atom. The molecular weight excluding hydrogens is 320 g/mol. The van der Waals surface area contributed by atoms with Crippen LogP contribution in [0.25, 0.3) is 0 Å². The third kappa shape index (κ3) is 3.66. The lowest BCUT2D eigenvalue weighted by Gasteiger charge is -2.36. The number of urea groups is 1. The number of nitrogens with zero attached hydrogens (tertiary/aromatic N) is 3. The van der Waals surface area contributed by atoms with Crippen LogP contribution in [0.15, 0.2) is 0 Å². The van der Waals surface area contributed by atoms with Gasteiger partial charge in [-0.25, -0.2) is 9.69 Å². The molecule has 0 atom stereocenters. The topological polar surface area (TPSA) is 73.0 Å². The maximum absolute atomic E-state index is 12.9. The largest absolute Gasteiger partial charge is 0.340 e. The highest BCUT2D eigenvalue weighted by Crippen LogP contribution is 2.32. The average molecular weight is 350 g/mol. The van der Waals surface area contributed by atoms with Crippen molar-refractivity contribution in [3.63, 3.8) is 0 Å². The molecule has 2 saturated heterocycles. The van der Waals surface area contributed by atoms with Crippen molar-refractivity contribution in [1.29, 1.82) is 0 Å². The average Bonchev–Trinajstić information content (AvgIpc) is 2.76. The first-order chi connectivity index (χ1) is 11.9. The van der Waals surface area contributed by atoms with Crippen LogP contribution in [0.1, 0.15) is 52.4 Å². The summed E-state index contributed by atoms with van der Waals surface area (Å²) in [6.45, 7) is 6.86. The number of amides is 4. The van der Waals surface area contributed by atoms with Crippen LogP contribution in [0.3, 0.4) is 0 Å². The minimum atomic E-state index is -0.664. The minimum absolute atomic E-state index is 0.00702. The summed E-state index contributed by atoms with van der Waals surface area (Å²) in [4.78, 5) is 42.8. The van der Waals surface area contributed by atoms with Gasteiger partial charge in [0.2, 0.25) is 5.91 Å². The fourth-order valence-electron chi connectivity index (χ4n) is 4.15. The van der Waals surface area contributed by atoms with Crippen molar-refractivity contribution in [3.8, 4) is 0 Å². The molecule has 140 valence electrons. The summed E-state index contributed by atoms with van der Waals surface area (Å²) in [5.41, 5.74) is -0.664. The summed E-state index contributed by atoms with van der Waals surface area (Å²) in [5.74, 6) is 0.125. The number of carbonyl (C=O) groups excluding carboxylic acids is 3. The van der Waals surface area contributed by atoms with Crippen LogP contribution in [0.4, 0.5) is 4.79 Å². The number of rotatable bonds is 3. The normalized spacial score (nSPS) is 24.8. The lowest BCUT2D eigenvalue weighted by atomic mass is 9.90. The SMILES string of the molecule is CC(C)C(=O)N1CCN(CN2C(=O)NC3(CCCCCC3)C2=O)CC1. The van der Waals surface area contributed by atoms with E-state index in [1.807, 2.05) is 18.7 Å². The van der Waals surface area contributed by atoms with Gasteiger partial charge in [-0.05, 0) is 12.8 Å². The molecule has 25 heavy (non-hydrogen) atoms. The molecule has 0 bridgehead atoms. The Bertz CT molecular complexity index is 532. The molecule has 1 saturated carbocycles. The highest BCUT2D eigenvalue weighted by Gasteiger charge is 2.51. The van der Waals surface area contributed by atoms with Gasteiger partial charge in [0.15, 0.2) is 0 Å². The first-order valence-corrected chi connectivity index (χ1v) is 9.58. The Balaban J connectivity index is 1.57. The highest BCUT2D eigenvalue weighted by atomic mass is 16.2. The van der Waals surface area contributed by atoms with Gasteiger partial charge < -0.3 is 10.2 Å². The molecule has 7 nitrogen and oxygen atoms in total. The van der Waals surface area contributed by atoms with E-state index in [0.717, 1.165) is 38.5 Å². The lowest BCUT2D eigenvalue weighted by molar-refractivity contribution is -0.138. The minimum Gasteiger partial charge on any atom is -0.340 e. The van der Waals surface area contributed by atoms with Crippen LogP contribution >= 0.6 is 0 Å². The van der Waals surface area contributed by atoms with E-state index in [9.17, 15) is 14.4 Å². The highest BCUT2D eigenvalue weighted by molar-refractivity contribution is 6.07. The van der Waals surface area contributed by atoms with Crippen molar-refractivity contribution in [1.82, 2.24) is 20.0 Å². The molecule has 3 fully saturated rings. The van der Waals surface area contributed by atoms with Gasteiger partial charge in [0, 0.05) is 32.1 Å². The van der Waals surface area contributed by atoms with E-state index in [1.165, 1.54) is 4.90 Å². The number of hydrogen-bond acceptors (Lipinski definition) is 4. The first kappa shape index (κ1) is 18.2. The monoisotopic (exact) mass is 350 g/mol. The van der Waals surface area contributed by atoms with Crippen molar-refractivity contribution in [2.75, 3.05) is 32.8 Å². The molecule has 0 aromatic heterocycles. The molecule has 1 aliphatic carbocycles. The van der Waals surface area contributed by atoms with Gasteiger partial charge in [-0.3, -0.25) is 14.5 Å². The van der Waals surface area contributed by atoms with Crippen LogP contribution < -0.4 is 5.32 Å². The van der Waals surface area contributed by atoms with Gasteiger partial charge >= 0.3 is 6.03 Å². The van der Waals surface area contributed by atoms with Crippen LogP contribution in [-0.2, 0) is 9.59 Å². The second-order valence-corrected chi connectivity index (χ2v) is 7.90. The predicted octanol–water partition coefficient (Wildman–Crippen LogP) is 1.39. The van der Waals surface area contributed by atoms with Crippen LogP contribution in [0.5, 0.6) is 0 Å². The van der Waals surface area contributed by atoms with Crippen molar-refractivity contribution in [2.45, 2.75) is 57.9 Å². The van der Waals surface area contributed by atoms with Crippen molar-refractivity contribution in [3.05, 3.63) is 0 Å². The fourth-order valence-corrected chi connectivity index (χ4v) is 4.15. The second kappa shape index (κ2) is 7.32. The molecule has 3 rings (SSSR count). The van der Waals surface area contributed by atoms with E-state index in [4.69, 9.17) is 0 Å². The number of carbonyl (C=O) groups is 3. The zero-order chi connectivity index (χ0) is 18.0. The summed E-state index contributed by atoms with van der Waals surface area (Å²) in [5, 5.41) is 2.99. The smallest absolute Gasteiger partial charge is 0.326 e. The van der Waals surface area contributed by atoms with Crippen LogP contribution in [0, 0.1) is 5.92 Å². The molecule has 1 N–H and O–H groups in total. The van der Waals surface area contributed by atoms with Gasteiger partial charge in [0.25, 0.3) is 5.91 Å². The van der Waals surface area contributed by atoms with E-state index in [0.29, 0.717) is 32.8 Å². The number of hydrogen-bond donors (Lipinski definition) is 1. The zero-order valence-electron chi connectivity index (χ0n) is 15.4. The third-order valence-corrected chi connectivity index (χ3v) is 5.72. The molecular formula is C18H30N4O3. The fraction of sp³-hybridized carbons (Fsp3) is 0.833. The second-order valence-electron chi connectivity index (χ2n) is 7.90. The summed E-state index contributed by atoms with van der Waals surface area (Å²) in [6.07, 6.45) is 5.77. The maximum Gasteiger partial charge on any atom is 0.326 e. The third-order valence-electron chi connectivity index (χ3n) is 5.72. The number of nitrogens with one attached hydrogen (secondary N) is 1. The summed E-state index contributed by atoms with van der Waals surface area (Å²) >= 11 is 0. The zero-order valence-corrected chi connectivity index (χ0v) is 15.4. The Morgan fingerprint density at radius 3 is 2.20 bits per heavy atom. The van der Waals surface area contributed by atoms with E-state index >= 15 is 0 Å². The van der Waals surface area contributed by atoms with E-state index in [2.05, 4.69) is 10.2 Å². The molecule has 0 unspecified atom stereocenters. The molecule has 4 amide bonds. The Kier molecular flexibility index (Phi) is 5.32. The quantitative estimate of drug-likeness (QED) is 0.781. The van der Waals surface area contributed by atoms with E-state index < -0.39 is 5.54 Å². The van der Waals surface area contributed by atoms with Gasteiger partial charge in [-0.2, -0.15) is 0 Å². The molecule has 2 heterocycles. The summed E-state index contributed by atoms with van der Waals surface area (Å²) in [6, 6.07) is -0.257. The molecule has 7 heteroatoms. The molecule has 0 aromatic carbocycles. The summed E-state index contributed by atoms with van der Waals surface area (Å²) in [7, 11) is 0. The first-order valence-electron chi connectivity index (χ1n) is 9.58. The standard InChI is InChI=1S/C18H30N4O3/c1-14(2)15(23)21-11-9-20(10-12-21)13-22-16(24)18(19-17(22)25)7-5-3-4-6-8-18/h14H,3-13H2,1-2H3,(H,19,25). The van der Waals surface area contributed by atoms with Crippen molar-refractivity contribution in [2.24, 2.45) is 5.92 Å². The maximum atomic E-state index is 12.9.